The Bertz CT molecular complexity index is 690. The number of carbonyl (C=O) groups is 2. The Morgan fingerprint density at radius 2 is 1.96 bits per heavy atom. The number of ether oxygens (including phenoxy) is 2. The molecule has 0 spiro atoms. The van der Waals surface area contributed by atoms with Gasteiger partial charge in [0.1, 0.15) is 0 Å². The maximum Gasteiger partial charge on any atom is 0.350 e. The van der Waals surface area contributed by atoms with Gasteiger partial charge in [0.2, 0.25) is 5.60 Å². The average molecular weight is 399 g/mol. The lowest BCUT2D eigenvalue weighted by Crippen LogP contribution is -2.49. The molecule has 2 aliphatic rings. The van der Waals surface area contributed by atoms with Gasteiger partial charge in [-0.15, -0.1) is 0 Å². The number of hydrogen-bond acceptors (Lipinski definition) is 4. The van der Waals surface area contributed by atoms with Crippen LogP contribution in [-0.4, -0.2) is 24.1 Å². The molecule has 26 heavy (non-hydrogen) atoms. The molecule has 3 rings (SSSR count). The van der Waals surface area contributed by atoms with Gasteiger partial charge in [0.15, 0.2) is 0 Å². The zero-order chi connectivity index (χ0) is 18.7. The van der Waals surface area contributed by atoms with Gasteiger partial charge in [-0.25, -0.2) is 4.79 Å². The summed E-state index contributed by atoms with van der Waals surface area (Å²) in [6.07, 6.45) is 5.49. The molecular formula is C20H24Cl2O4. The van der Waals surface area contributed by atoms with Crippen molar-refractivity contribution in [3.8, 4) is 0 Å². The molecule has 6 heteroatoms. The highest BCUT2D eigenvalue weighted by Crippen LogP contribution is 2.47. The number of rotatable bonds is 5. The van der Waals surface area contributed by atoms with Gasteiger partial charge < -0.3 is 9.47 Å². The van der Waals surface area contributed by atoms with Crippen molar-refractivity contribution in [1.29, 1.82) is 0 Å². The lowest BCUT2D eigenvalue weighted by atomic mass is 9.73. The first kappa shape index (κ1) is 19.5. The number of esters is 2. The Morgan fingerprint density at radius 3 is 2.69 bits per heavy atom. The molecular weight excluding hydrogens is 375 g/mol. The molecule has 0 aromatic heterocycles. The minimum atomic E-state index is -1.16. The van der Waals surface area contributed by atoms with Crippen LogP contribution in [-0.2, 0) is 25.5 Å². The van der Waals surface area contributed by atoms with Gasteiger partial charge >= 0.3 is 11.9 Å². The lowest BCUT2D eigenvalue weighted by molar-refractivity contribution is -0.189. The van der Waals surface area contributed by atoms with E-state index in [0.717, 1.165) is 12.8 Å². The van der Waals surface area contributed by atoms with Gasteiger partial charge in [-0.1, -0.05) is 48.5 Å². The first-order valence-corrected chi connectivity index (χ1v) is 10.0. The summed E-state index contributed by atoms with van der Waals surface area (Å²) in [7, 11) is 0. The summed E-state index contributed by atoms with van der Waals surface area (Å²) in [5.41, 5.74) is -0.521. The van der Waals surface area contributed by atoms with Crippen molar-refractivity contribution in [3.63, 3.8) is 0 Å². The molecule has 2 saturated carbocycles. The van der Waals surface area contributed by atoms with Crippen LogP contribution >= 0.6 is 23.2 Å². The van der Waals surface area contributed by atoms with Crippen molar-refractivity contribution in [1.82, 2.24) is 0 Å². The molecule has 1 aromatic carbocycles. The van der Waals surface area contributed by atoms with Crippen LogP contribution in [0.5, 0.6) is 0 Å². The molecule has 142 valence electrons. The molecule has 0 aliphatic heterocycles. The van der Waals surface area contributed by atoms with E-state index in [9.17, 15) is 9.59 Å². The second-order valence-electron chi connectivity index (χ2n) is 7.30. The summed E-state index contributed by atoms with van der Waals surface area (Å²) >= 11 is 12.0. The van der Waals surface area contributed by atoms with Crippen LogP contribution in [0.4, 0.5) is 0 Å². The molecule has 2 aliphatic carbocycles. The summed E-state index contributed by atoms with van der Waals surface area (Å²) < 4.78 is 11.0. The maximum atomic E-state index is 12.7. The van der Waals surface area contributed by atoms with E-state index in [-0.39, 0.29) is 13.0 Å². The minimum absolute atomic E-state index is 0.00521. The molecule has 4 nitrogen and oxygen atoms in total. The van der Waals surface area contributed by atoms with Crippen molar-refractivity contribution in [2.24, 2.45) is 11.8 Å². The van der Waals surface area contributed by atoms with Crippen LogP contribution in [0, 0.1) is 11.8 Å². The van der Waals surface area contributed by atoms with Gasteiger partial charge in [0, 0.05) is 16.5 Å². The van der Waals surface area contributed by atoms with E-state index in [0.29, 0.717) is 40.3 Å². The van der Waals surface area contributed by atoms with Gasteiger partial charge in [-0.2, -0.15) is 0 Å². The zero-order valence-corrected chi connectivity index (χ0v) is 16.4. The molecule has 0 bridgehead atoms. The third kappa shape index (κ3) is 4.17. The molecule has 3 unspecified atom stereocenters. The molecule has 0 saturated heterocycles. The Balaban J connectivity index is 1.74. The van der Waals surface area contributed by atoms with Crippen LogP contribution in [0.15, 0.2) is 18.2 Å². The van der Waals surface area contributed by atoms with E-state index in [1.165, 1.54) is 12.8 Å². The molecule has 3 atom stereocenters. The fourth-order valence-corrected chi connectivity index (χ4v) is 4.84. The third-order valence-electron chi connectivity index (χ3n) is 5.63. The van der Waals surface area contributed by atoms with Crippen LogP contribution in [0.3, 0.4) is 0 Å². The highest BCUT2D eigenvalue weighted by molar-refractivity contribution is 6.35. The normalized spacial score (nSPS) is 27.7. The second-order valence-corrected chi connectivity index (χ2v) is 8.14. The van der Waals surface area contributed by atoms with Crippen molar-refractivity contribution < 1.29 is 19.1 Å². The van der Waals surface area contributed by atoms with Gasteiger partial charge in [-0.3, -0.25) is 4.79 Å². The summed E-state index contributed by atoms with van der Waals surface area (Å²) in [6, 6.07) is 4.98. The molecule has 0 radical (unpaired) electrons. The van der Waals surface area contributed by atoms with Crippen LogP contribution in [0.25, 0.3) is 0 Å². The highest BCUT2D eigenvalue weighted by atomic mass is 35.5. The fourth-order valence-electron chi connectivity index (χ4n) is 4.36. The Morgan fingerprint density at radius 1 is 1.19 bits per heavy atom. The molecule has 0 amide bonds. The van der Waals surface area contributed by atoms with E-state index in [1.54, 1.807) is 25.1 Å². The van der Waals surface area contributed by atoms with Crippen LogP contribution in [0.1, 0.15) is 51.0 Å². The summed E-state index contributed by atoms with van der Waals surface area (Å²) in [4.78, 5) is 25.3. The van der Waals surface area contributed by atoms with Crippen molar-refractivity contribution >= 4 is 35.1 Å². The van der Waals surface area contributed by atoms with E-state index >= 15 is 0 Å². The molecule has 0 heterocycles. The number of fused-ring (bicyclic) bond motifs is 1. The van der Waals surface area contributed by atoms with Crippen LogP contribution in [0.2, 0.25) is 10.0 Å². The quantitative estimate of drug-likeness (QED) is 0.656. The Hall–Kier alpha value is -1.26. The first-order valence-electron chi connectivity index (χ1n) is 9.26. The zero-order valence-electron chi connectivity index (χ0n) is 14.9. The maximum absolute atomic E-state index is 12.7. The van der Waals surface area contributed by atoms with Crippen LogP contribution < -0.4 is 0 Å². The van der Waals surface area contributed by atoms with Gasteiger partial charge in [-0.05, 0) is 49.3 Å². The number of benzene rings is 1. The lowest BCUT2D eigenvalue weighted by Gasteiger charge is -2.39. The molecule has 0 N–H and O–H groups in total. The first-order chi connectivity index (χ1) is 12.4. The van der Waals surface area contributed by atoms with Crippen molar-refractivity contribution in [2.45, 2.75) is 57.5 Å². The van der Waals surface area contributed by atoms with Crippen molar-refractivity contribution in [2.75, 3.05) is 6.61 Å². The van der Waals surface area contributed by atoms with E-state index < -0.39 is 17.5 Å². The van der Waals surface area contributed by atoms with Gasteiger partial charge in [0.05, 0.1) is 13.0 Å². The predicted octanol–water partition coefficient (Wildman–Crippen LogP) is 4.98. The summed E-state index contributed by atoms with van der Waals surface area (Å²) in [5.74, 6) is 0.196. The minimum Gasteiger partial charge on any atom is -0.463 e. The number of carbonyl (C=O) groups excluding carboxylic acids is 2. The third-order valence-corrected chi connectivity index (χ3v) is 6.22. The second kappa shape index (κ2) is 8.18. The summed E-state index contributed by atoms with van der Waals surface area (Å²) in [5, 5.41) is 0.925. The highest BCUT2D eigenvalue weighted by Gasteiger charge is 2.51. The SMILES string of the molecule is CCOC(=O)C1(OC(=O)Cc2ccc(Cl)cc2Cl)CCC2CCCC2C1. The smallest absolute Gasteiger partial charge is 0.350 e. The molecule has 1 aromatic rings. The largest absolute Gasteiger partial charge is 0.463 e. The predicted molar refractivity (Wildman–Crippen MR) is 100 cm³/mol. The fraction of sp³-hybridized carbons (Fsp3) is 0.600. The van der Waals surface area contributed by atoms with Gasteiger partial charge in [0.25, 0.3) is 0 Å². The van der Waals surface area contributed by atoms with E-state index in [4.69, 9.17) is 32.7 Å². The average Bonchev–Trinajstić information content (AvgIpc) is 3.05. The molecule has 2 fully saturated rings. The number of halogens is 2. The number of hydrogen-bond donors (Lipinski definition) is 0. The van der Waals surface area contributed by atoms with Crippen molar-refractivity contribution in [3.05, 3.63) is 33.8 Å². The Labute approximate surface area is 164 Å². The van der Waals surface area contributed by atoms with E-state index in [1.807, 2.05) is 0 Å². The monoisotopic (exact) mass is 398 g/mol. The van der Waals surface area contributed by atoms with E-state index in [2.05, 4.69) is 0 Å². The Kier molecular flexibility index (Phi) is 6.13. The standard InChI is InChI=1S/C20H24Cl2O4/c1-2-25-19(24)20(9-8-13-4-3-5-15(13)12-20)26-18(23)10-14-6-7-16(21)11-17(14)22/h6-7,11,13,15H,2-5,8-10,12H2,1H3. The topological polar surface area (TPSA) is 52.6 Å². The summed E-state index contributed by atoms with van der Waals surface area (Å²) in [6.45, 7) is 2.04.